The highest BCUT2D eigenvalue weighted by atomic mass is 19.1. The Labute approximate surface area is 141 Å². The Morgan fingerprint density at radius 1 is 1.38 bits per heavy atom. The maximum Gasteiger partial charge on any atom is 0.254 e. The summed E-state index contributed by atoms with van der Waals surface area (Å²) in [6.07, 6.45) is 2.63. The molecule has 4 nitrogen and oxygen atoms in total. The van der Waals surface area contributed by atoms with Crippen molar-refractivity contribution in [2.75, 3.05) is 6.54 Å². The number of halogens is 1. The molecule has 126 valence electrons. The second-order valence-electron chi connectivity index (χ2n) is 6.26. The summed E-state index contributed by atoms with van der Waals surface area (Å²) in [6, 6.07) is 9.51. The van der Waals surface area contributed by atoms with Gasteiger partial charge in [-0.25, -0.2) is 4.39 Å². The monoisotopic (exact) mass is 328 g/mol. The van der Waals surface area contributed by atoms with Crippen LogP contribution in [-0.4, -0.2) is 39.6 Å². The van der Waals surface area contributed by atoms with Gasteiger partial charge in [0.2, 0.25) is 0 Å². The van der Waals surface area contributed by atoms with E-state index >= 15 is 0 Å². The van der Waals surface area contributed by atoms with Crippen LogP contribution in [0.3, 0.4) is 0 Å². The Balaban J connectivity index is 1.87. The van der Waals surface area contributed by atoms with Crippen LogP contribution in [0, 0.1) is 12.7 Å². The van der Waals surface area contributed by atoms with E-state index in [4.69, 9.17) is 0 Å². The summed E-state index contributed by atoms with van der Waals surface area (Å²) in [5, 5.41) is 10.4. The number of benzene rings is 1. The number of carbonyl (C=O) groups excluding carboxylic acids is 1. The fourth-order valence-corrected chi connectivity index (χ4v) is 3.27. The lowest BCUT2D eigenvalue weighted by atomic mass is 9.92. The molecule has 5 heteroatoms. The Hall–Kier alpha value is -2.27. The molecule has 0 unspecified atom stereocenters. The van der Waals surface area contributed by atoms with Crippen LogP contribution in [0.1, 0.15) is 34.5 Å². The topological polar surface area (TPSA) is 53.4 Å². The average Bonchev–Trinajstić information content (AvgIpc) is 2.58. The van der Waals surface area contributed by atoms with Crippen molar-refractivity contribution >= 4 is 5.91 Å². The minimum atomic E-state index is -0.648. The van der Waals surface area contributed by atoms with Gasteiger partial charge in [0, 0.05) is 24.0 Å². The SMILES string of the molecule is Cc1cc(C(=O)N2CCC[C@H](O)[C@@H]2Cc2ccccc2F)ccn1. The third-order valence-electron chi connectivity index (χ3n) is 4.53. The molecule has 1 aromatic heterocycles. The van der Waals surface area contributed by atoms with E-state index in [1.165, 1.54) is 6.07 Å². The molecular weight excluding hydrogens is 307 g/mol. The van der Waals surface area contributed by atoms with Crippen molar-refractivity contribution < 1.29 is 14.3 Å². The van der Waals surface area contributed by atoms with E-state index in [0.29, 0.717) is 30.5 Å². The van der Waals surface area contributed by atoms with Gasteiger partial charge in [-0.05, 0) is 49.9 Å². The number of hydrogen-bond donors (Lipinski definition) is 1. The maximum atomic E-state index is 14.0. The van der Waals surface area contributed by atoms with Gasteiger partial charge >= 0.3 is 0 Å². The fourth-order valence-electron chi connectivity index (χ4n) is 3.27. The molecule has 2 heterocycles. The number of amides is 1. The molecule has 0 radical (unpaired) electrons. The molecule has 1 saturated heterocycles. The number of aryl methyl sites for hydroxylation is 1. The standard InChI is InChI=1S/C19H21FN2O2/c1-13-11-15(8-9-21-13)19(24)22-10-4-7-18(23)17(22)12-14-5-2-3-6-16(14)20/h2-3,5-6,8-9,11,17-18,23H,4,7,10,12H2,1H3/t17-,18-/m0/s1. The number of rotatable bonds is 3. The molecule has 0 spiro atoms. The van der Waals surface area contributed by atoms with Crippen LogP contribution >= 0.6 is 0 Å². The van der Waals surface area contributed by atoms with Crippen LogP contribution < -0.4 is 0 Å². The lowest BCUT2D eigenvalue weighted by Gasteiger charge is -2.39. The zero-order valence-corrected chi connectivity index (χ0v) is 13.7. The van der Waals surface area contributed by atoms with Crippen LogP contribution in [-0.2, 0) is 6.42 Å². The highest BCUT2D eigenvalue weighted by molar-refractivity contribution is 5.94. The van der Waals surface area contributed by atoms with E-state index in [1.807, 2.05) is 6.92 Å². The summed E-state index contributed by atoms with van der Waals surface area (Å²) >= 11 is 0. The molecule has 1 N–H and O–H groups in total. The summed E-state index contributed by atoms with van der Waals surface area (Å²) in [7, 11) is 0. The molecule has 1 aliphatic rings. The Morgan fingerprint density at radius 2 is 2.17 bits per heavy atom. The first kappa shape index (κ1) is 16.6. The van der Waals surface area contributed by atoms with E-state index in [0.717, 1.165) is 12.1 Å². The van der Waals surface area contributed by atoms with E-state index in [2.05, 4.69) is 4.98 Å². The molecular formula is C19H21FN2O2. The lowest BCUT2D eigenvalue weighted by molar-refractivity contribution is 0.0116. The third-order valence-corrected chi connectivity index (χ3v) is 4.53. The van der Waals surface area contributed by atoms with Crippen molar-refractivity contribution in [3.05, 3.63) is 65.2 Å². The van der Waals surface area contributed by atoms with Crippen LogP contribution in [0.5, 0.6) is 0 Å². The van der Waals surface area contributed by atoms with Crippen LogP contribution in [0.2, 0.25) is 0 Å². The van der Waals surface area contributed by atoms with Gasteiger partial charge in [0.15, 0.2) is 0 Å². The lowest BCUT2D eigenvalue weighted by Crippen LogP contribution is -2.52. The molecule has 0 bridgehead atoms. The molecule has 1 aliphatic heterocycles. The van der Waals surface area contributed by atoms with E-state index in [9.17, 15) is 14.3 Å². The number of likely N-dealkylation sites (tertiary alicyclic amines) is 1. The molecule has 2 aromatic rings. The Morgan fingerprint density at radius 3 is 2.92 bits per heavy atom. The smallest absolute Gasteiger partial charge is 0.254 e. The van der Waals surface area contributed by atoms with Gasteiger partial charge in [-0.2, -0.15) is 0 Å². The minimum absolute atomic E-state index is 0.138. The summed E-state index contributed by atoms with van der Waals surface area (Å²) in [6.45, 7) is 2.40. The van der Waals surface area contributed by atoms with E-state index in [-0.39, 0.29) is 11.7 Å². The first-order valence-corrected chi connectivity index (χ1v) is 8.21. The maximum absolute atomic E-state index is 14.0. The van der Waals surface area contributed by atoms with Crippen molar-refractivity contribution in [3.8, 4) is 0 Å². The van der Waals surface area contributed by atoms with Crippen LogP contribution in [0.4, 0.5) is 4.39 Å². The fraction of sp³-hybridized carbons (Fsp3) is 0.368. The van der Waals surface area contributed by atoms with Gasteiger partial charge in [0.05, 0.1) is 12.1 Å². The molecule has 1 fully saturated rings. The normalized spacial score (nSPS) is 20.9. The van der Waals surface area contributed by atoms with Gasteiger partial charge in [0.25, 0.3) is 5.91 Å². The highest BCUT2D eigenvalue weighted by Gasteiger charge is 2.34. The van der Waals surface area contributed by atoms with Gasteiger partial charge in [-0.3, -0.25) is 9.78 Å². The molecule has 0 aliphatic carbocycles. The van der Waals surface area contributed by atoms with Gasteiger partial charge < -0.3 is 10.0 Å². The van der Waals surface area contributed by atoms with Crippen molar-refractivity contribution in [1.29, 1.82) is 0 Å². The van der Waals surface area contributed by atoms with Gasteiger partial charge in [-0.1, -0.05) is 18.2 Å². The molecule has 2 atom stereocenters. The average molecular weight is 328 g/mol. The number of aromatic nitrogens is 1. The molecule has 3 rings (SSSR count). The largest absolute Gasteiger partial charge is 0.391 e. The summed E-state index contributed by atoms with van der Waals surface area (Å²) in [4.78, 5) is 18.7. The van der Waals surface area contributed by atoms with Crippen molar-refractivity contribution in [2.45, 2.75) is 38.3 Å². The van der Waals surface area contributed by atoms with Crippen molar-refractivity contribution in [3.63, 3.8) is 0 Å². The Kier molecular flexibility index (Phi) is 4.90. The first-order valence-electron chi connectivity index (χ1n) is 8.21. The van der Waals surface area contributed by atoms with Gasteiger partial charge in [-0.15, -0.1) is 0 Å². The van der Waals surface area contributed by atoms with Crippen LogP contribution in [0.25, 0.3) is 0 Å². The zero-order chi connectivity index (χ0) is 17.1. The minimum Gasteiger partial charge on any atom is -0.391 e. The molecule has 1 aromatic carbocycles. The summed E-state index contributed by atoms with van der Waals surface area (Å²) in [5.74, 6) is -0.442. The third kappa shape index (κ3) is 3.46. The summed E-state index contributed by atoms with van der Waals surface area (Å²) < 4.78 is 14.0. The first-order chi connectivity index (χ1) is 11.6. The predicted molar refractivity (Wildman–Crippen MR) is 89.1 cm³/mol. The molecule has 24 heavy (non-hydrogen) atoms. The van der Waals surface area contributed by atoms with Crippen molar-refractivity contribution in [2.24, 2.45) is 0 Å². The number of pyridine rings is 1. The van der Waals surface area contributed by atoms with Crippen LogP contribution in [0.15, 0.2) is 42.6 Å². The highest BCUT2D eigenvalue weighted by Crippen LogP contribution is 2.24. The molecule has 0 saturated carbocycles. The molecule has 1 amide bonds. The number of hydrogen-bond acceptors (Lipinski definition) is 3. The number of piperidine rings is 1. The quantitative estimate of drug-likeness (QED) is 0.942. The number of nitrogens with zero attached hydrogens (tertiary/aromatic N) is 2. The van der Waals surface area contributed by atoms with E-state index < -0.39 is 12.1 Å². The predicted octanol–water partition coefficient (Wildman–Crippen LogP) is 2.74. The van der Waals surface area contributed by atoms with Gasteiger partial charge in [0.1, 0.15) is 5.82 Å². The number of aliphatic hydroxyl groups is 1. The zero-order valence-electron chi connectivity index (χ0n) is 13.7. The Bertz CT molecular complexity index is 735. The number of carbonyl (C=O) groups is 1. The second-order valence-corrected chi connectivity index (χ2v) is 6.26. The second kappa shape index (κ2) is 7.09. The van der Waals surface area contributed by atoms with Crippen molar-refractivity contribution in [1.82, 2.24) is 9.88 Å². The number of aliphatic hydroxyl groups excluding tert-OH is 1. The van der Waals surface area contributed by atoms with E-state index in [1.54, 1.807) is 41.4 Å². The summed E-state index contributed by atoms with van der Waals surface area (Å²) in [5.41, 5.74) is 1.84.